The first-order valence-electron chi connectivity index (χ1n) is 11.3. The number of carbonyl (C=O) groups is 1. The maximum atomic E-state index is 13.5. The molecule has 4 rings (SSSR count). The van der Waals surface area contributed by atoms with Crippen LogP contribution in [0.3, 0.4) is 0 Å². The molecule has 1 heterocycles. The summed E-state index contributed by atoms with van der Waals surface area (Å²) in [5.74, 6) is 0.586. The molecule has 35 heavy (non-hydrogen) atoms. The van der Waals surface area contributed by atoms with Gasteiger partial charge in [-0.15, -0.1) is 0 Å². The van der Waals surface area contributed by atoms with Crippen LogP contribution in [0.15, 0.2) is 88.2 Å². The Balaban J connectivity index is 1.49. The lowest BCUT2D eigenvalue weighted by Gasteiger charge is -2.37. The minimum atomic E-state index is -3.87. The molecule has 0 saturated carbocycles. The number of hydrogen-bond acceptors (Lipinski definition) is 5. The second-order valence-corrected chi connectivity index (χ2v) is 11.1. The Bertz CT molecular complexity index is 1250. The van der Waals surface area contributed by atoms with Gasteiger partial charge in [0, 0.05) is 37.2 Å². The summed E-state index contributed by atoms with van der Waals surface area (Å²) in [5, 5.41) is 0. The van der Waals surface area contributed by atoms with Crippen LogP contribution in [0.5, 0.6) is 5.75 Å². The number of amides is 1. The Kier molecular flexibility index (Phi) is 8.10. The molecule has 0 bridgehead atoms. The van der Waals surface area contributed by atoms with Crippen molar-refractivity contribution in [3.63, 3.8) is 0 Å². The van der Waals surface area contributed by atoms with Gasteiger partial charge < -0.3 is 14.5 Å². The summed E-state index contributed by atoms with van der Waals surface area (Å²) >= 11 is 3.35. The van der Waals surface area contributed by atoms with Gasteiger partial charge in [0.25, 0.3) is 0 Å². The van der Waals surface area contributed by atoms with Gasteiger partial charge in [-0.2, -0.15) is 4.31 Å². The van der Waals surface area contributed by atoms with Gasteiger partial charge in [-0.05, 0) is 42.0 Å². The van der Waals surface area contributed by atoms with Gasteiger partial charge >= 0.3 is 0 Å². The van der Waals surface area contributed by atoms with Crippen molar-refractivity contribution in [1.82, 2.24) is 9.21 Å². The van der Waals surface area contributed by atoms with E-state index in [0.29, 0.717) is 26.2 Å². The van der Waals surface area contributed by atoms with Crippen LogP contribution in [-0.4, -0.2) is 63.4 Å². The molecular formula is C26H28BrN3O4S. The fourth-order valence-electron chi connectivity index (χ4n) is 4.11. The van der Waals surface area contributed by atoms with E-state index < -0.39 is 10.0 Å². The van der Waals surface area contributed by atoms with E-state index in [-0.39, 0.29) is 23.9 Å². The summed E-state index contributed by atoms with van der Waals surface area (Å²) in [7, 11) is -2.23. The monoisotopic (exact) mass is 557 g/mol. The molecule has 7 nitrogen and oxygen atoms in total. The summed E-state index contributed by atoms with van der Waals surface area (Å²) < 4.78 is 34.5. The average molecular weight is 558 g/mol. The first-order chi connectivity index (χ1) is 16.9. The van der Waals surface area contributed by atoms with Crippen LogP contribution in [0.1, 0.15) is 5.56 Å². The fraction of sp³-hybridized carbons (Fsp3) is 0.269. The zero-order valence-corrected chi connectivity index (χ0v) is 21.9. The summed E-state index contributed by atoms with van der Waals surface area (Å²) in [6.07, 6.45) is 0. The van der Waals surface area contributed by atoms with E-state index in [4.69, 9.17) is 4.74 Å². The summed E-state index contributed by atoms with van der Waals surface area (Å²) in [6.45, 7) is 2.20. The highest BCUT2D eigenvalue weighted by Crippen LogP contribution is 2.28. The molecule has 184 valence electrons. The zero-order valence-electron chi connectivity index (χ0n) is 19.5. The van der Waals surface area contributed by atoms with Gasteiger partial charge in [-0.1, -0.05) is 58.4 Å². The molecule has 0 N–H and O–H groups in total. The molecule has 0 unspecified atom stereocenters. The van der Waals surface area contributed by atoms with Crippen molar-refractivity contribution in [1.29, 1.82) is 0 Å². The number of sulfonamides is 1. The molecular weight excluding hydrogens is 530 g/mol. The van der Waals surface area contributed by atoms with Crippen molar-refractivity contribution in [3.8, 4) is 5.75 Å². The quantitative estimate of drug-likeness (QED) is 0.418. The lowest BCUT2D eigenvalue weighted by atomic mass is 10.2. The molecule has 0 spiro atoms. The maximum Gasteiger partial charge on any atom is 0.243 e. The summed E-state index contributed by atoms with van der Waals surface area (Å²) in [6, 6.07) is 23.6. The highest BCUT2D eigenvalue weighted by atomic mass is 79.9. The first kappa shape index (κ1) is 25.2. The Morgan fingerprint density at radius 1 is 0.914 bits per heavy atom. The third kappa shape index (κ3) is 6.04. The molecule has 9 heteroatoms. The number of benzene rings is 3. The molecule has 3 aromatic rings. The lowest BCUT2D eigenvalue weighted by Crippen LogP contribution is -2.51. The van der Waals surface area contributed by atoms with Crippen LogP contribution in [0.25, 0.3) is 0 Å². The Labute approximate surface area is 215 Å². The number of methoxy groups -OCH3 is 1. The van der Waals surface area contributed by atoms with Crippen molar-refractivity contribution in [2.45, 2.75) is 11.4 Å². The fourth-order valence-corrected chi connectivity index (χ4v) is 5.75. The topological polar surface area (TPSA) is 70.2 Å². The second-order valence-electron chi connectivity index (χ2n) is 8.25. The largest absolute Gasteiger partial charge is 0.495 e. The molecule has 0 aliphatic carbocycles. The van der Waals surface area contributed by atoms with Crippen LogP contribution in [0.4, 0.5) is 5.69 Å². The molecule has 1 saturated heterocycles. The molecule has 3 aromatic carbocycles. The van der Waals surface area contributed by atoms with Gasteiger partial charge in [-0.3, -0.25) is 4.79 Å². The zero-order chi connectivity index (χ0) is 24.8. The molecule has 0 aromatic heterocycles. The van der Waals surface area contributed by atoms with Gasteiger partial charge in [-0.25, -0.2) is 8.42 Å². The van der Waals surface area contributed by atoms with E-state index in [0.717, 1.165) is 21.5 Å². The van der Waals surface area contributed by atoms with E-state index in [1.165, 1.54) is 4.31 Å². The normalized spacial score (nSPS) is 14.3. The van der Waals surface area contributed by atoms with Crippen molar-refractivity contribution in [3.05, 3.63) is 88.9 Å². The van der Waals surface area contributed by atoms with E-state index >= 15 is 0 Å². The lowest BCUT2D eigenvalue weighted by molar-refractivity contribution is -0.131. The first-order valence-corrected chi connectivity index (χ1v) is 13.6. The smallest absolute Gasteiger partial charge is 0.243 e. The summed E-state index contributed by atoms with van der Waals surface area (Å²) in [4.78, 5) is 17.3. The van der Waals surface area contributed by atoms with Crippen LogP contribution >= 0.6 is 15.9 Å². The Morgan fingerprint density at radius 2 is 1.54 bits per heavy atom. The Morgan fingerprint density at radius 3 is 2.20 bits per heavy atom. The second kappa shape index (κ2) is 11.2. The SMILES string of the molecule is COc1ccccc1N1CCN(C(=O)CN(Cc2ccccc2)S(=O)(=O)c2ccc(Br)cc2)CC1. The Hall–Kier alpha value is -2.88. The highest BCUT2D eigenvalue weighted by molar-refractivity contribution is 9.10. The third-order valence-electron chi connectivity index (χ3n) is 6.02. The van der Waals surface area contributed by atoms with Crippen molar-refractivity contribution >= 4 is 37.5 Å². The third-order valence-corrected chi connectivity index (χ3v) is 8.36. The van der Waals surface area contributed by atoms with Gasteiger partial charge in [0.05, 0.1) is 24.2 Å². The van der Waals surface area contributed by atoms with Crippen LogP contribution < -0.4 is 9.64 Å². The number of nitrogens with zero attached hydrogens (tertiary/aromatic N) is 3. The number of halogens is 1. The van der Waals surface area contributed by atoms with Gasteiger partial charge in [0.1, 0.15) is 5.75 Å². The predicted octanol–water partition coefficient (Wildman–Crippen LogP) is 4.00. The number of para-hydroxylation sites is 2. The van der Waals surface area contributed by atoms with Crippen LogP contribution in [0, 0.1) is 0 Å². The van der Waals surface area contributed by atoms with Crippen LogP contribution in [0.2, 0.25) is 0 Å². The number of rotatable bonds is 8. The van der Waals surface area contributed by atoms with Crippen molar-refractivity contribution in [2.24, 2.45) is 0 Å². The molecule has 0 radical (unpaired) electrons. The van der Waals surface area contributed by atoms with E-state index in [1.54, 1.807) is 36.3 Å². The predicted molar refractivity (Wildman–Crippen MR) is 140 cm³/mol. The molecule has 0 atom stereocenters. The molecule has 1 fully saturated rings. The van der Waals surface area contributed by atoms with E-state index in [1.807, 2.05) is 54.6 Å². The van der Waals surface area contributed by atoms with E-state index in [9.17, 15) is 13.2 Å². The van der Waals surface area contributed by atoms with E-state index in [2.05, 4.69) is 20.8 Å². The molecule has 1 aliphatic rings. The number of ether oxygens (including phenoxy) is 1. The maximum absolute atomic E-state index is 13.5. The molecule has 1 aliphatic heterocycles. The standard InChI is InChI=1S/C26H28BrN3O4S/c1-34-25-10-6-5-9-24(25)28-15-17-29(18-16-28)26(31)20-30(19-21-7-3-2-4-8-21)35(32,33)23-13-11-22(27)12-14-23/h2-14H,15-20H2,1H3. The van der Waals surface area contributed by atoms with Gasteiger partial charge in [0.15, 0.2) is 0 Å². The molecule has 1 amide bonds. The number of hydrogen-bond donors (Lipinski definition) is 0. The summed E-state index contributed by atoms with van der Waals surface area (Å²) in [5.41, 5.74) is 1.81. The van der Waals surface area contributed by atoms with Crippen LogP contribution in [-0.2, 0) is 21.4 Å². The average Bonchev–Trinajstić information content (AvgIpc) is 2.89. The number of carbonyl (C=O) groups excluding carboxylic acids is 1. The number of piperazine rings is 1. The highest BCUT2D eigenvalue weighted by Gasteiger charge is 2.30. The van der Waals surface area contributed by atoms with Crippen molar-refractivity contribution < 1.29 is 17.9 Å². The van der Waals surface area contributed by atoms with Gasteiger partial charge in [0.2, 0.25) is 15.9 Å². The minimum absolute atomic E-state index is 0.117. The minimum Gasteiger partial charge on any atom is -0.495 e. The van der Waals surface area contributed by atoms with Crippen molar-refractivity contribution in [2.75, 3.05) is 44.7 Å². The number of anilines is 1.